The summed E-state index contributed by atoms with van der Waals surface area (Å²) < 4.78 is 9.16. The average Bonchev–Trinajstić information content (AvgIpc) is 3.03. The Labute approximate surface area is 147 Å². The van der Waals surface area contributed by atoms with Crippen LogP contribution in [-0.4, -0.2) is 39.3 Å². The van der Waals surface area contributed by atoms with Gasteiger partial charge in [0.15, 0.2) is 0 Å². The molecule has 0 aliphatic heterocycles. The standard InChI is InChI=1S/C19H24N4O2/c1-12-14(11-22(4)20-12)10-21(3)19(24)18-13(2)23(5)17-8-7-15(25-6)9-16(17)18/h7-9,11H,10H2,1-6H3. The maximum atomic E-state index is 13.2. The Morgan fingerprint density at radius 2 is 2.00 bits per heavy atom. The second-order valence-corrected chi connectivity index (χ2v) is 6.48. The van der Waals surface area contributed by atoms with Gasteiger partial charge < -0.3 is 14.2 Å². The van der Waals surface area contributed by atoms with Crippen LogP contribution >= 0.6 is 0 Å². The molecule has 0 bridgehead atoms. The molecule has 0 N–H and O–H groups in total. The summed E-state index contributed by atoms with van der Waals surface area (Å²) in [5, 5.41) is 5.26. The molecule has 0 aliphatic rings. The van der Waals surface area contributed by atoms with E-state index in [0.717, 1.165) is 39.2 Å². The van der Waals surface area contributed by atoms with E-state index in [1.54, 1.807) is 16.7 Å². The Bertz CT molecular complexity index is 952. The summed E-state index contributed by atoms with van der Waals surface area (Å²) in [5.41, 5.74) is 4.68. The van der Waals surface area contributed by atoms with Crippen molar-refractivity contribution in [3.63, 3.8) is 0 Å². The topological polar surface area (TPSA) is 52.3 Å². The number of hydrogen-bond donors (Lipinski definition) is 0. The molecule has 25 heavy (non-hydrogen) atoms. The van der Waals surface area contributed by atoms with E-state index in [1.807, 2.05) is 64.0 Å². The third kappa shape index (κ3) is 2.88. The lowest BCUT2D eigenvalue weighted by Gasteiger charge is -2.17. The molecule has 0 saturated carbocycles. The summed E-state index contributed by atoms with van der Waals surface area (Å²) >= 11 is 0. The van der Waals surface area contributed by atoms with Gasteiger partial charge in [-0.05, 0) is 32.0 Å². The van der Waals surface area contributed by atoms with Crippen molar-refractivity contribution in [2.75, 3.05) is 14.2 Å². The minimum atomic E-state index is -0.000365. The number of carbonyl (C=O) groups excluding carboxylic acids is 1. The van der Waals surface area contributed by atoms with E-state index in [9.17, 15) is 4.79 Å². The minimum absolute atomic E-state index is 0.000365. The van der Waals surface area contributed by atoms with Crippen LogP contribution in [0.2, 0.25) is 0 Å². The zero-order valence-corrected chi connectivity index (χ0v) is 15.6. The molecular formula is C19H24N4O2. The van der Waals surface area contributed by atoms with Crippen molar-refractivity contribution < 1.29 is 9.53 Å². The van der Waals surface area contributed by atoms with E-state index in [2.05, 4.69) is 5.10 Å². The van der Waals surface area contributed by atoms with Crippen LogP contribution in [0, 0.1) is 13.8 Å². The van der Waals surface area contributed by atoms with E-state index >= 15 is 0 Å². The lowest BCUT2D eigenvalue weighted by atomic mass is 10.1. The van der Waals surface area contributed by atoms with E-state index < -0.39 is 0 Å². The number of methoxy groups -OCH3 is 1. The van der Waals surface area contributed by atoms with Gasteiger partial charge in [0.1, 0.15) is 5.75 Å². The zero-order chi connectivity index (χ0) is 18.3. The van der Waals surface area contributed by atoms with E-state index in [1.165, 1.54) is 0 Å². The van der Waals surface area contributed by atoms with Crippen molar-refractivity contribution >= 4 is 16.8 Å². The van der Waals surface area contributed by atoms with Crippen LogP contribution in [-0.2, 0) is 20.6 Å². The number of rotatable bonds is 4. The highest BCUT2D eigenvalue weighted by Crippen LogP contribution is 2.29. The van der Waals surface area contributed by atoms with Crippen molar-refractivity contribution in [2.45, 2.75) is 20.4 Å². The maximum Gasteiger partial charge on any atom is 0.256 e. The van der Waals surface area contributed by atoms with E-state index in [-0.39, 0.29) is 5.91 Å². The highest BCUT2D eigenvalue weighted by Gasteiger charge is 2.22. The second kappa shape index (κ2) is 6.27. The van der Waals surface area contributed by atoms with Crippen molar-refractivity contribution in [3.8, 4) is 5.75 Å². The van der Waals surface area contributed by atoms with E-state index in [4.69, 9.17) is 4.74 Å². The highest BCUT2D eigenvalue weighted by molar-refractivity contribution is 6.08. The highest BCUT2D eigenvalue weighted by atomic mass is 16.5. The summed E-state index contributed by atoms with van der Waals surface area (Å²) in [4.78, 5) is 14.9. The number of carbonyl (C=O) groups is 1. The van der Waals surface area contributed by atoms with Crippen molar-refractivity contribution in [3.05, 3.63) is 46.9 Å². The van der Waals surface area contributed by atoms with Gasteiger partial charge in [-0.3, -0.25) is 9.48 Å². The number of amides is 1. The first-order valence-corrected chi connectivity index (χ1v) is 8.21. The molecular weight excluding hydrogens is 316 g/mol. The summed E-state index contributed by atoms with van der Waals surface area (Å²) in [6.07, 6.45) is 1.96. The molecule has 132 valence electrons. The van der Waals surface area contributed by atoms with Gasteiger partial charge >= 0.3 is 0 Å². The smallest absolute Gasteiger partial charge is 0.256 e. The van der Waals surface area contributed by atoms with Crippen LogP contribution < -0.4 is 4.74 Å². The molecule has 1 amide bonds. The summed E-state index contributed by atoms with van der Waals surface area (Å²) in [5.74, 6) is 0.748. The van der Waals surface area contributed by atoms with Gasteiger partial charge in [-0.15, -0.1) is 0 Å². The Morgan fingerprint density at radius 3 is 2.60 bits per heavy atom. The van der Waals surface area contributed by atoms with Crippen LogP contribution in [0.4, 0.5) is 0 Å². The SMILES string of the molecule is COc1ccc2c(c1)c(C(=O)N(C)Cc1cn(C)nc1C)c(C)n2C. The Hall–Kier alpha value is -2.76. The fourth-order valence-corrected chi connectivity index (χ4v) is 3.27. The first-order chi connectivity index (χ1) is 11.8. The molecule has 0 aliphatic carbocycles. The molecule has 3 rings (SSSR count). The number of fused-ring (bicyclic) bond motifs is 1. The van der Waals surface area contributed by atoms with Crippen molar-refractivity contribution in [1.29, 1.82) is 0 Å². The van der Waals surface area contributed by atoms with Crippen LogP contribution in [0.1, 0.15) is 27.3 Å². The average molecular weight is 340 g/mol. The maximum absolute atomic E-state index is 13.2. The summed E-state index contributed by atoms with van der Waals surface area (Å²) in [6, 6.07) is 5.83. The van der Waals surface area contributed by atoms with Gasteiger partial charge in [0.2, 0.25) is 0 Å². The second-order valence-electron chi connectivity index (χ2n) is 6.48. The zero-order valence-electron chi connectivity index (χ0n) is 15.6. The Morgan fingerprint density at radius 1 is 1.28 bits per heavy atom. The summed E-state index contributed by atoms with van der Waals surface area (Å²) in [6.45, 7) is 4.46. The predicted octanol–water partition coefficient (Wildman–Crippen LogP) is 2.81. The number of nitrogens with zero attached hydrogens (tertiary/aromatic N) is 4. The van der Waals surface area contributed by atoms with Crippen LogP contribution in [0.15, 0.2) is 24.4 Å². The number of hydrogen-bond acceptors (Lipinski definition) is 3. The monoisotopic (exact) mass is 340 g/mol. The van der Waals surface area contributed by atoms with Crippen LogP contribution in [0.3, 0.4) is 0 Å². The molecule has 1 aromatic carbocycles. The Kier molecular flexibility index (Phi) is 4.29. The molecule has 0 fully saturated rings. The number of benzene rings is 1. The fraction of sp³-hybridized carbons (Fsp3) is 0.368. The number of aryl methyl sites for hydroxylation is 3. The van der Waals surface area contributed by atoms with Gasteiger partial charge in [0.25, 0.3) is 5.91 Å². The van der Waals surface area contributed by atoms with Gasteiger partial charge in [0, 0.05) is 56.0 Å². The van der Waals surface area contributed by atoms with E-state index in [0.29, 0.717) is 6.54 Å². The van der Waals surface area contributed by atoms with Gasteiger partial charge in [0.05, 0.1) is 18.4 Å². The third-order valence-electron chi connectivity index (χ3n) is 4.78. The molecule has 2 heterocycles. The third-order valence-corrected chi connectivity index (χ3v) is 4.78. The van der Waals surface area contributed by atoms with Gasteiger partial charge in [-0.25, -0.2) is 0 Å². The van der Waals surface area contributed by atoms with Crippen LogP contribution in [0.25, 0.3) is 10.9 Å². The van der Waals surface area contributed by atoms with Gasteiger partial charge in [-0.2, -0.15) is 5.10 Å². The minimum Gasteiger partial charge on any atom is -0.497 e. The van der Waals surface area contributed by atoms with Crippen molar-refractivity contribution in [2.24, 2.45) is 14.1 Å². The predicted molar refractivity (Wildman–Crippen MR) is 98.0 cm³/mol. The lowest BCUT2D eigenvalue weighted by Crippen LogP contribution is -2.27. The quantitative estimate of drug-likeness (QED) is 0.734. The molecule has 0 radical (unpaired) electrons. The molecule has 0 atom stereocenters. The molecule has 0 spiro atoms. The normalized spacial score (nSPS) is 11.1. The molecule has 2 aromatic heterocycles. The summed E-state index contributed by atoms with van der Waals surface area (Å²) in [7, 11) is 7.33. The van der Waals surface area contributed by atoms with Gasteiger partial charge in [-0.1, -0.05) is 0 Å². The molecule has 6 heteroatoms. The molecule has 3 aromatic rings. The van der Waals surface area contributed by atoms with Crippen molar-refractivity contribution in [1.82, 2.24) is 19.2 Å². The fourth-order valence-electron chi connectivity index (χ4n) is 3.27. The molecule has 0 saturated heterocycles. The molecule has 0 unspecified atom stereocenters. The number of aromatic nitrogens is 3. The van der Waals surface area contributed by atoms with Crippen LogP contribution in [0.5, 0.6) is 5.75 Å². The first-order valence-electron chi connectivity index (χ1n) is 8.21. The first kappa shape index (κ1) is 17.1. The molecule has 6 nitrogen and oxygen atoms in total. The largest absolute Gasteiger partial charge is 0.497 e. The number of ether oxygens (including phenoxy) is 1. The Balaban J connectivity index is 2.01. The lowest BCUT2D eigenvalue weighted by molar-refractivity contribution is 0.0786.